The quantitative estimate of drug-likeness (QED) is 0.902. The normalized spacial score (nSPS) is 11.7. The minimum atomic E-state index is -4.22. The van der Waals surface area contributed by atoms with E-state index in [1.165, 1.54) is 0 Å². The molecule has 4 nitrogen and oxygen atoms in total. The van der Waals surface area contributed by atoms with E-state index in [0.29, 0.717) is 22.6 Å². The van der Waals surface area contributed by atoms with E-state index in [1.807, 2.05) is 0 Å². The van der Waals surface area contributed by atoms with Crippen LogP contribution >= 0.6 is 11.3 Å². The van der Waals surface area contributed by atoms with Gasteiger partial charge >= 0.3 is 0 Å². The molecule has 0 saturated heterocycles. The number of halogens is 3. The number of nitrogens with one attached hydrogen (secondary N) is 1. The molecule has 1 aromatic carbocycles. The first-order chi connectivity index (χ1) is 9.76. The van der Waals surface area contributed by atoms with E-state index in [1.54, 1.807) is 17.0 Å². The topological polar surface area (TPSA) is 72.2 Å². The van der Waals surface area contributed by atoms with Gasteiger partial charge in [-0.1, -0.05) is 0 Å². The number of sulfonamides is 1. The molecule has 0 aliphatic heterocycles. The Morgan fingerprint density at radius 1 is 1.24 bits per heavy atom. The Morgan fingerprint density at radius 3 is 2.33 bits per heavy atom. The summed E-state index contributed by atoms with van der Waals surface area (Å²) >= 11 is 1.13. The third-order valence-corrected chi connectivity index (χ3v) is 5.52. The maximum atomic E-state index is 13.5. The van der Waals surface area contributed by atoms with Gasteiger partial charge in [0.15, 0.2) is 11.6 Å². The first-order valence-corrected chi connectivity index (χ1v) is 8.07. The van der Waals surface area contributed by atoms with Crippen LogP contribution in [0.2, 0.25) is 0 Å². The highest BCUT2D eigenvalue weighted by Gasteiger charge is 2.25. The SMILES string of the molecule is Cc1csc(CN)c1S(=O)(=O)Nc1c(F)cc(F)cc1F. The van der Waals surface area contributed by atoms with Crippen LogP contribution in [-0.2, 0) is 16.6 Å². The fourth-order valence-electron chi connectivity index (χ4n) is 1.81. The van der Waals surface area contributed by atoms with Crippen LogP contribution < -0.4 is 10.5 Å². The molecule has 0 spiro atoms. The molecule has 0 radical (unpaired) electrons. The molecule has 1 aromatic heterocycles. The van der Waals surface area contributed by atoms with Crippen LogP contribution in [0.5, 0.6) is 0 Å². The Bertz CT molecular complexity index is 765. The number of nitrogens with two attached hydrogens (primary N) is 1. The summed E-state index contributed by atoms with van der Waals surface area (Å²) in [6.45, 7) is 1.52. The first-order valence-electron chi connectivity index (χ1n) is 5.70. The smallest absolute Gasteiger partial charge is 0.263 e. The van der Waals surface area contributed by atoms with Crippen LogP contribution in [0.15, 0.2) is 22.4 Å². The number of anilines is 1. The van der Waals surface area contributed by atoms with E-state index in [9.17, 15) is 21.6 Å². The molecule has 0 aliphatic rings. The first kappa shape index (κ1) is 15.8. The minimum Gasteiger partial charge on any atom is -0.326 e. The lowest BCUT2D eigenvalue weighted by atomic mass is 10.3. The van der Waals surface area contributed by atoms with Crippen molar-refractivity contribution >= 4 is 27.0 Å². The van der Waals surface area contributed by atoms with Crippen molar-refractivity contribution in [2.75, 3.05) is 4.72 Å². The number of aryl methyl sites for hydroxylation is 1. The van der Waals surface area contributed by atoms with Gasteiger partial charge in [0.2, 0.25) is 0 Å². The van der Waals surface area contributed by atoms with Gasteiger partial charge in [0.1, 0.15) is 16.4 Å². The molecule has 21 heavy (non-hydrogen) atoms. The zero-order valence-electron chi connectivity index (χ0n) is 10.8. The minimum absolute atomic E-state index is 0.0247. The number of benzene rings is 1. The van der Waals surface area contributed by atoms with E-state index >= 15 is 0 Å². The van der Waals surface area contributed by atoms with Crippen molar-refractivity contribution < 1.29 is 21.6 Å². The zero-order chi connectivity index (χ0) is 15.8. The van der Waals surface area contributed by atoms with Crippen LogP contribution in [0.3, 0.4) is 0 Å². The molecule has 114 valence electrons. The van der Waals surface area contributed by atoms with Crippen molar-refractivity contribution in [2.45, 2.75) is 18.4 Å². The molecule has 1 heterocycles. The molecule has 2 rings (SSSR count). The molecular weight excluding hydrogens is 325 g/mol. The van der Waals surface area contributed by atoms with Gasteiger partial charge in [-0.3, -0.25) is 4.72 Å². The fraction of sp³-hybridized carbons (Fsp3) is 0.167. The number of thiophene rings is 1. The molecule has 0 aliphatic carbocycles. The van der Waals surface area contributed by atoms with E-state index in [0.717, 1.165) is 11.3 Å². The standard InChI is InChI=1S/C12H11F3N2O2S2/c1-6-5-20-10(4-16)12(6)21(18,19)17-11-8(14)2-7(13)3-9(11)15/h2-3,5,17H,4,16H2,1H3. The lowest BCUT2D eigenvalue weighted by Crippen LogP contribution is -2.17. The summed E-state index contributed by atoms with van der Waals surface area (Å²) in [6.07, 6.45) is 0. The molecular formula is C12H11F3N2O2S2. The number of hydrogen-bond acceptors (Lipinski definition) is 4. The van der Waals surface area contributed by atoms with Gasteiger partial charge in [-0.2, -0.15) is 0 Å². The van der Waals surface area contributed by atoms with Crippen molar-refractivity contribution in [3.63, 3.8) is 0 Å². The number of rotatable bonds is 4. The van der Waals surface area contributed by atoms with E-state index in [4.69, 9.17) is 5.73 Å². The predicted octanol–water partition coefficient (Wildman–Crippen LogP) is 2.73. The largest absolute Gasteiger partial charge is 0.326 e. The van der Waals surface area contributed by atoms with Gasteiger partial charge in [-0.05, 0) is 17.9 Å². The molecule has 0 unspecified atom stereocenters. The second-order valence-electron chi connectivity index (χ2n) is 4.23. The Hall–Kier alpha value is -1.58. The predicted molar refractivity (Wildman–Crippen MR) is 74.1 cm³/mol. The Kier molecular flexibility index (Phi) is 4.26. The monoisotopic (exact) mass is 336 g/mol. The van der Waals surface area contributed by atoms with Gasteiger partial charge in [0, 0.05) is 23.6 Å². The summed E-state index contributed by atoms with van der Waals surface area (Å²) in [6, 6.07) is 0.788. The van der Waals surface area contributed by atoms with Crippen LogP contribution in [0.4, 0.5) is 18.9 Å². The second kappa shape index (κ2) is 5.66. The average Bonchev–Trinajstić information content (AvgIpc) is 2.76. The van der Waals surface area contributed by atoms with Gasteiger partial charge in [0.25, 0.3) is 10.0 Å². The lowest BCUT2D eigenvalue weighted by Gasteiger charge is -2.11. The molecule has 0 fully saturated rings. The van der Waals surface area contributed by atoms with Crippen molar-refractivity contribution in [3.05, 3.63) is 45.4 Å². The van der Waals surface area contributed by atoms with Gasteiger partial charge in [-0.25, -0.2) is 21.6 Å². The maximum absolute atomic E-state index is 13.5. The van der Waals surface area contributed by atoms with Crippen molar-refractivity contribution in [2.24, 2.45) is 5.73 Å². The zero-order valence-corrected chi connectivity index (χ0v) is 12.4. The fourth-order valence-corrected chi connectivity index (χ4v) is 4.60. The summed E-state index contributed by atoms with van der Waals surface area (Å²) in [5, 5.41) is 1.58. The molecule has 0 amide bonds. The Balaban J connectivity index is 2.50. The maximum Gasteiger partial charge on any atom is 0.263 e. The third kappa shape index (κ3) is 3.04. The molecule has 0 atom stereocenters. The molecule has 2 aromatic rings. The summed E-state index contributed by atoms with van der Waals surface area (Å²) in [7, 11) is -4.22. The second-order valence-corrected chi connectivity index (χ2v) is 6.81. The van der Waals surface area contributed by atoms with Crippen LogP contribution in [-0.4, -0.2) is 8.42 Å². The molecule has 3 N–H and O–H groups in total. The van der Waals surface area contributed by atoms with Crippen molar-refractivity contribution in [3.8, 4) is 0 Å². The Labute approximate surface area is 123 Å². The lowest BCUT2D eigenvalue weighted by molar-refractivity contribution is 0.547. The third-order valence-electron chi connectivity index (χ3n) is 2.69. The van der Waals surface area contributed by atoms with E-state index in [-0.39, 0.29) is 11.4 Å². The van der Waals surface area contributed by atoms with Crippen LogP contribution in [0.25, 0.3) is 0 Å². The van der Waals surface area contributed by atoms with Gasteiger partial charge < -0.3 is 5.73 Å². The summed E-state index contributed by atoms with van der Waals surface area (Å²) in [5.74, 6) is -3.81. The summed E-state index contributed by atoms with van der Waals surface area (Å²) in [5.41, 5.74) is 4.94. The number of hydrogen-bond donors (Lipinski definition) is 2. The highest BCUT2D eigenvalue weighted by atomic mass is 32.2. The van der Waals surface area contributed by atoms with Crippen molar-refractivity contribution in [1.29, 1.82) is 0 Å². The average molecular weight is 336 g/mol. The van der Waals surface area contributed by atoms with Crippen LogP contribution in [0, 0.1) is 24.4 Å². The highest BCUT2D eigenvalue weighted by molar-refractivity contribution is 7.93. The van der Waals surface area contributed by atoms with Gasteiger partial charge in [-0.15, -0.1) is 11.3 Å². The van der Waals surface area contributed by atoms with E-state index < -0.39 is 33.2 Å². The van der Waals surface area contributed by atoms with Crippen molar-refractivity contribution in [1.82, 2.24) is 0 Å². The summed E-state index contributed by atoms with van der Waals surface area (Å²) < 4.78 is 66.2. The van der Waals surface area contributed by atoms with Gasteiger partial charge in [0.05, 0.1) is 0 Å². The highest BCUT2D eigenvalue weighted by Crippen LogP contribution is 2.30. The summed E-state index contributed by atoms with van der Waals surface area (Å²) in [4.78, 5) is 0.251. The van der Waals surface area contributed by atoms with E-state index in [2.05, 4.69) is 0 Å². The Morgan fingerprint density at radius 2 is 1.81 bits per heavy atom. The molecule has 0 saturated carbocycles. The molecule has 0 bridgehead atoms. The molecule has 9 heteroatoms. The van der Waals surface area contributed by atoms with Crippen LogP contribution in [0.1, 0.15) is 10.4 Å².